The monoisotopic (exact) mass is 300 g/mol. The Bertz CT molecular complexity index is 859. The zero-order chi connectivity index (χ0) is 14.9. The second-order valence-electron chi connectivity index (χ2n) is 4.44. The van der Waals surface area contributed by atoms with Gasteiger partial charge in [0.1, 0.15) is 5.69 Å². The molecule has 106 valence electrons. The number of nitrogens with zero attached hydrogens (tertiary/aromatic N) is 2. The van der Waals surface area contributed by atoms with Crippen molar-refractivity contribution in [1.82, 2.24) is 15.4 Å². The van der Waals surface area contributed by atoms with Gasteiger partial charge < -0.3 is 0 Å². The molecule has 0 saturated carbocycles. The summed E-state index contributed by atoms with van der Waals surface area (Å²) in [5, 5.41) is 15.7. The Morgan fingerprint density at radius 1 is 1.00 bits per heavy atom. The quantitative estimate of drug-likeness (QED) is 0.769. The molecule has 3 aromatic rings. The van der Waals surface area contributed by atoms with Gasteiger partial charge in [-0.05, 0) is 11.6 Å². The molecule has 2 aromatic carbocycles. The molecule has 0 atom stereocenters. The molecule has 0 aliphatic rings. The fourth-order valence-electron chi connectivity index (χ4n) is 2.22. The molecule has 3 N–H and O–H groups in total. The molecule has 0 spiro atoms. The number of nitrogens with one attached hydrogen (secondary N) is 1. The number of nitrogens with two attached hydrogens (primary N) is 1. The Hall–Kier alpha value is -2.51. The van der Waals surface area contributed by atoms with Gasteiger partial charge in [-0.1, -0.05) is 42.5 Å². The molecule has 7 heteroatoms. The lowest BCUT2D eigenvalue weighted by Crippen LogP contribution is -2.13. The third-order valence-corrected chi connectivity index (χ3v) is 4.04. The standard InChI is InChI=1S/C14H12N4O2S/c15-21(19,20)13-8-4-7-11(12-9-16-18-17-12)14(13)10-5-2-1-3-6-10/h1-9H,(H2,15,19,20)(H,16,17,18). The van der Waals surface area contributed by atoms with Gasteiger partial charge in [0.2, 0.25) is 10.0 Å². The number of hydrogen-bond donors (Lipinski definition) is 2. The van der Waals surface area contributed by atoms with E-state index in [0.29, 0.717) is 16.8 Å². The molecule has 0 fully saturated rings. The highest BCUT2D eigenvalue weighted by molar-refractivity contribution is 7.89. The smallest absolute Gasteiger partial charge is 0.225 e. The van der Waals surface area contributed by atoms with Crippen molar-refractivity contribution in [2.45, 2.75) is 4.90 Å². The van der Waals surface area contributed by atoms with Gasteiger partial charge in [0.25, 0.3) is 0 Å². The maximum atomic E-state index is 11.9. The summed E-state index contributed by atoms with van der Waals surface area (Å²) in [5.41, 5.74) is 2.48. The zero-order valence-corrected chi connectivity index (χ0v) is 11.7. The van der Waals surface area contributed by atoms with Crippen LogP contribution in [0.15, 0.2) is 59.6 Å². The van der Waals surface area contributed by atoms with Gasteiger partial charge in [0.15, 0.2) is 0 Å². The molecule has 0 bridgehead atoms. The minimum absolute atomic E-state index is 0.0641. The zero-order valence-electron chi connectivity index (χ0n) is 10.9. The van der Waals surface area contributed by atoms with Crippen LogP contribution in [0, 0.1) is 0 Å². The van der Waals surface area contributed by atoms with Crippen molar-refractivity contribution >= 4 is 10.0 Å². The van der Waals surface area contributed by atoms with E-state index in [0.717, 1.165) is 5.56 Å². The molecular weight excluding hydrogens is 288 g/mol. The molecule has 0 unspecified atom stereocenters. The van der Waals surface area contributed by atoms with E-state index in [-0.39, 0.29) is 4.90 Å². The Morgan fingerprint density at radius 2 is 1.76 bits per heavy atom. The number of sulfonamides is 1. The Kier molecular flexibility index (Phi) is 3.28. The molecule has 0 aliphatic carbocycles. The van der Waals surface area contributed by atoms with Gasteiger partial charge in [-0.25, -0.2) is 13.6 Å². The van der Waals surface area contributed by atoms with Gasteiger partial charge in [0, 0.05) is 11.1 Å². The molecule has 21 heavy (non-hydrogen) atoms. The van der Waals surface area contributed by atoms with E-state index in [1.165, 1.54) is 12.3 Å². The van der Waals surface area contributed by atoms with E-state index in [1.54, 1.807) is 12.1 Å². The minimum Gasteiger partial charge on any atom is -0.225 e. The van der Waals surface area contributed by atoms with E-state index in [4.69, 9.17) is 5.14 Å². The first-order valence-corrected chi connectivity index (χ1v) is 7.69. The molecule has 1 aromatic heterocycles. The maximum absolute atomic E-state index is 11.9. The number of H-pyrrole nitrogens is 1. The number of primary sulfonamides is 1. The van der Waals surface area contributed by atoms with E-state index in [2.05, 4.69) is 15.4 Å². The summed E-state index contributed by atoms with van der Waals surface area (Å²) in [6.07, 6.45) is 1.54. The van der Waals surface area contributed by atoms with Crippen LogP contribution in [0.25, 0.3) is 22.4 Å². The molecule has 1 heterocycles. The fraction of sp³-hybridized carbons (Fsp3) is 0. The van der Waals surface area contributed by atoms with Gasteiger partial charge in [-0.15, -0.1) is 0 Å². The average Bonchev–Trinajstić information content (AvgIpc) is 3.00. The van der Waals surface area contributed by atoms with E-state index >= 15 is 0 Å². The van der Waals surface area contributed by atoms with Crippen LogP contribution in [0.1, 0.15) is 0 Å². The summed E-state index contributed by atoms with van der Waals surface area (Å²) in [5.74, 6) is 0. The second kappa shape index (κ2) is 5.12. The van der Waals surface area contributed by atoms with Crippen LogP contribution in [0.5, 0.6) is 0 Å². The summed E-state index contributed by atoms with van der Waals surface area (Å²) in [6.45, 7) is 0. The van der Waals surface area contributed by atoms with Crippen molar-refractivity contribution < 1.29 is 8.42 Å². The van der Waals surface area contributed by atoms with E-state index in [1.807, 2.05) is 30.3 Å². The lowest BCUT2D eigenvalue weighted by molar-refractivity contribution is 0.598. The van der Waals surface area contributed by atoms with Crippen LogP contribution in [0.4, 0.5) is 0 Å². The van der Waals surface area contributed by atoms with Gasteiger partial charge >= 0.3 is 0 Å². The van der Waals surface area contributed by atoms with Crippen LogP contribution in [0.3, 0.4) is 0 Å². The van der Waals surface area contributed by atoms with Gasteiger partial charge in [0.05, 0.1) is 11.1 Å². The first kappa shape index (κ1) is 13.5. The van der Waals surface area contributed by atoms with Crippen molar-refractivity contribution in [3.63, 3.8) is 0 Å². The first-order chi connectivity index (χ1) is 10.1. The molecule has 6 nitrogen and oxygen atoms in total. The van der Waals surface area contributed by atoms with Crippen molar-refractivity contribution in [2.24, 2.45) is 5.14 Å². The first-order valence-electron chi connectivity index (χ1n) is 6.15. The fourth-order valence-corrected chi connectivity index (χ4v) is 3.00. The minimum atomic E-state index is -3.85. The molecule has 0 amide bonds. The second-order valence-corrected chi connectivity index (χ2v) is 5.97. The molecule has 0 aliphatic heterocycles. The van der Waals surface area contributed by atoms with Crippen molar-refractivity contribution in [1.29, 1.82) is 0 Å². The number of benzene rings is 2. The average molecular weight is 300 g/mol. The summed E-state index contributed by atoms with van der Waals surface area (Å²) < 4.78 is 23.8. The Balaban J connectivity index is 2.38. The van der Waals surface area contributed by atoms with E-state index < -0.39 is 10.0 Å². The van der Waals surface area contributed by atoms with Gasteiger partial charge in [-0.2, -0.15) is 15.4 Å². The topological polar surface area (TPSA) is 102 Å². The number of aromatic nitrogens is 3. The van der Waals surface area contributed by atoms with Crippen molar-refractivity contribution in [3.05, 3.63) is 54.7 Å². The number of rotatable bonds is 3. The van der Waals surface area contributed by atoms with Crippen LogP contribution >= 0.6 is 0 Å². The van der Waals surface area contributed by atoms with Crippen LogP contribution < -0.4 is 5.14 Å². The molecule has 3 rings (SSSR count). The highest BCUT2D eigenvalue weighted by Gasteiger charge is 2.20. The normalized spacial score (nSPS) is 11.5. The predicted octanol–water partition coefficient (Wildman–Crippen LogP) is 1.79. The highest BCUT2D eigenvalue weighted by Crippen LogP contribution is 2.35. The third kappa shape index (κ3) is 2.56. The number of aromatic amines is 1. The maximum Gasteiger partial charge on any atom is 0.238 e. The Labute approximate surface area is 121 Å². The highest BCUT2D eigenvalue weighted by atomic mass is 32.2. The predicted molar refractivity (Wildman–Crippen MR) is 78.6 cm³/mol. The lowest BCUT2D eigenvalue weighted by atomic mass is 9.98. The lowest BCUT2D eigenvalue weighted by Gasteiger charge is -2.12. The summed E-state index contributed by atoms with van der Waals surface area (Å²) in [6, 6.07) is 14.1. The SMILES string of the molecule is NS(=O)(=O)c1cccc(-c2cn[nH]n2)c1-c1ccccc1. The number of hydrogen-bond acceptors (Lipinski definition) is 4. The summed E-state index contributed by atoms with van der Waals surface area (Å²) >= 11 is 0. The molecule has 0 saturated heterocycles. The van der Waals surface area contributed by atoms with Gasteiger partial charge in [-0.3, -0.25) is 0 Å². The molecular formula is C14H12N4O2S. The Morgan fingerprint density at radius 3 is 2.38 bits per heavy atom. The van der Waals surface area contributed by atoms with Crippen molar-refractivity contribution in [2.75, 3.05) is 0 Å². The summed E-state index contributed by atoms with van der Waals surface area (Å²) in [4.78, 5) is 0.0641. The molecule has 0 radical (unpaired) electrons. The van der Waals surface area contributed by atoms with Crippen LogP contribution in [0.2, 0.25) is 0 Å². The van der Waals surface area contributed by atoms with E-state index in [9.17, 15) is 8.42 Å². The summed E-state index contributed by atoms with van der Waals surface area (Å²) in [7, 11) is -3.85. The largest absolute Gasteiger partial charge is 0.238 e. The van der Waals surface area contributed by atoms with Crippen molar-refractivity contribution in [3.8, 4) is 22.4 Å². The van der Waals surface area contributed by atoms with Crippen LogP contribution in [-0.2, 0) is 10.0 Å². The van der Waals surface area contributed by atoms with Crippen LogP contribution in [-0.4, -0.2) is 23.8 Å². The third-order valence-electron chi connectivity index (χ3n) is 3.09.